The van der Waals surface area contributed by atoms with Gasteiger partial charge in [0, 0.05) is 17.4 Å². The molecule has 0 saturated heterocycles. The normalized spacial score (nSPS) is 11.5. The van der Waals surface area contributed by atoms with Crippen molar-refractivity contribution in [3.05, 3.63) is 48.4 Å². The van der Waals surface area contributed by atoms with E-state index < -0.39 is 18.2 Å². The average Bonchev–Trinajstić information content (AvgIpc) is 3.22. The molecule has 0 aliphatic carbocycles. The van der Waals surface area contributed by atoms with Gasteiger partial charge in [0.05, 0.1) is 12.0 Å². The molecule has 3 aromatic rings. The van der Waals surface area contributed by atoms with Crippen LogP contribution in [0.3, 0.4) is 0 Å². The Labute approximate surface area is 138 Å². The number of halogens is 3. The number of carbonyl (C=O) groups is 1. The van der Waals surface area contributed by atoms with Crippen LogP contribution in [0.2, 0.25) is 0 Å². The van der Waals surface area contributed by atoms with Crippen molar-refractivity contribution in [1.82, 2.24) is 19.7 Å². The highest BCUT2D eigenvalue weighted by atomic mass is 19.4. The Morgan fingerprint density at radius 3 is 2.60 bits per heavy atom. The number of carbonyl (C=O) groups excluding carboxylic acids is 1. The van der Waals surface area contributed by atoms with Crippen LogP contribution >= 0.6 is 0 Å². The fourth-order valence-electron chi connectivity index (χ4n) is 1.96. The van der Waals surface area contributed by atoms with Crippen LogP contribution in [-0.4, -0.2) is 25.8 Å². The van der Waals surface area contributed by atoms with E-state index in [-0.39, 0.29) is 12.4 Å². The van der Waals surface area contributed by atoms with E-state index >= 15 is 0 Å². The number of rotatable bonds is 4. The molecule has 0 fully saturated rings. The van der Waals surface area contributed by atoms with Crippen molar-refractivity contribution in [3.63, 3.8) is 0 Å². The van der Waals surface area contributed by atoms with Crippen LogP contribution in [0, 0.1) is 0 Å². The average molecular weight is 353 g/mol. The molecule has 0 aliphatic rings. The van der Waals surface area contributed by atoms with Gasteiger partial charge in [0.2, 0.25) is 5.82 Å². The summed E-state index contributed by atoms with van der Waals surface area (Å²) < 4.78 is 47.9. The van der Waals surface area contributed by atoms with Gasteiger partial charge in [0.25, 0.3) is 0 Å². The molecule has 3 rings (SSSR count). The minimum absolute atomic E-state index is 0.0660. The topological polar surface area (TPSA) is 109 Å². The van der Waals surface area contributed by atoms with Crippen molar-refractivity contribution >= 4 is 6.09 Å². The van der Waals surface area contributed by atoms with E-state index in [9.17, 15) is 18.0 Å². The number of amides is 1. The third kappa shape index (κ3) is 3.76. The van der Waals surface area contributed by atoms with Gasteiger partial charge in [0.1, 0.15) is 6.61 Å². The minimum Gasteiger partial charge on any atom is -0.443 e. The molecule has 0 radical (unpaired) electrons. The van der Waals surface area contributed by atoms with Crippen molar-refractivity contribution in [2.75, 3.05) is 0 Å². The molecule has 0 aliphatic heterocycles. The summed E-state index contributed by atoms with van der Waals surface area (Å²) >= 11 is 0. The van der Waals surface area contributed by atoms with Crippen molar-refractivity contribution in [2.24, 2.45) is 5.73 Å². The highest BCUT2D eigenvalue weighted by molar-refractivity contribution is 5.64. The van der Waals surface area contributed by atoms with Crippen LogP contribution in [0.5, 0.6) is 0 Å². The first-order chi connectivity index (χ1) is 11.8. The fraction of sp³-hybridized carbons (Fsp3) is 0.143. The van der Waals surface area contributed by atoms with Gasteiger partial charge < -0.3 is 19.6 Å². The third-order valence-corrected chi connectivity index (χ3v) is 3.09. The summed E-state index contributed by atoms with van der Waals surface area (Å²) in [5, 5.41) is 3.31. The number of benzene rings is 1. The van der Waals surface area contributed by atoms with Crippen LogP contribution in [0.25, 0.3) is 17.1 Å². The van der Waals surface area contributed by atoms with Gasteiger partial charge in [-0.25, -0.2) is 9.78 Å². The summed E-state index contributed by atoms with van der Waals surface area (Å²) in [6, 6.07) is 6.36. The molecule has 0 saturated carbocycles. The smallest absolute Gasteiger partial charge is 0.443 e. The maximum Gasteiger partial charge on any atom is 0.471 e. The molecule has 2 N–H and O–H groups in total. The van der Waals surface area contributed by atoms with Crippen LogP contribution in [0.1, 0.15) is 11.6 Å². The first kappa shape index (κ1) is 16.5. The highest BCUT2D eigenvalue weighted by Crippen LogP contribution is 2.29. The molecule has 1 aromatic carbocycles. The second-order valence-electron chi connectivity index (χ2n) is 4.85. The number of imidazole rings is 1. The van der Waals surface area contributed by atoms with Crippen LogP contribution < -0.4 is 5.73 Å². The Bertz CT molecular complexity index is 886. The van der Waals surface area contributed by atoms with Crippen LogP contribution in [0.4, 0.5) is 18.0 Å². The zero-order valence-corrected chi connectivity index (χ0v) is 12.4. The Balaban J connectivity index is 1.76. The highest BCUT2D eigenvalue weighted by Gasteiger charge is 2.38. The van der Waals surface area contributed by atoms with Crippen molar-refractivity contribution < 1.29 is 27.2 Å². The number of nitrogens with zero attached hydrogens (tertiary/aromatic N) is 4. The summed E-state index contributed by atoms with van der Waals surface area (Å²) in [5.74, 6) is -1.57. The second kappa shape index (κ2) is 6.26. The van der Waals surface area contributed by atoms with Crippen molar-refractivity contribution in [1.29, 1.82) is 0 Å². The number of hydrogen-bond acceptors (Lipinski definition) is 6. The summed E-state index contributed by atoms with van der Waals surface area (Å²) in [6.07, 6.45) is -2.48. The molecular formula is C14H10F3N5O3. The standard InChI is InChI=1S/C14H10F3N5O3/c15-14(16,17)12-20-11(21-25-12)8-1-3-10(4-2-8)22-5-9(19-7-22)6-24-13(18)23/h1-5,7H,6H2,(H2,18,23). The number of ether oxygens (including phenoxy) is 1. The largest absolute Gasteiger partial charge is 0.471 e. The molecule has 0 bridgehead atoms. The third-order valence-electron chi connectivity index (χ3n) is 3.09. The Hall–Kier alpha value is -3.37. The van der Waals surface area contributed by atoms with Gasteiger partial charge >= 0.3 is 18.2 Å². The van der Waals surface area contributed by atoms with Gasteiger partial charge in [-0.2, -0.15) is 18.2 Å². The summed E-state index contributed by atoms with van der Waals surface area (Å²) in [5.41, 5.74) is 6.40. The lowest BCUT2D eigenvalue weighted by molar-refractivity contribution is -0.159. The summed E-state index contributed by atoms with van der Waals surface area (Å²) in [7, 11) is 0. The van der Waals surface area contributed by atoms with Crippen molar-refractivity contribution in [2.45, 2.75) is 12.8 Å². The zero-order chi connectivity index (χ0) is 18.0. The molecule has 130 valence electrons. The SMILES string of the molecule is NC(=O)OCc1cn(-c2ccc(-c3noc(C(F)(F)F)n3)cc2)cn1. The van der Waals surface area contributed by atoms with Crippen LogP contribution in [-0.2, 0) is 17.5 Å². The second-order valence-corrected chi connectivity index (χ2v) is 4.85. The lowest BCUT2D eigenvalue weighted by atomic mass is 10.2. The molecule has 25 heavy (non-hydrogen) atoms. The van der Waals surface area contributed by atoms with Crippen LogP contribution in [0.15, 0.2) is 41.3 Å². The predicted octanol–water partition coefficient (Wildman–Crippen LogP) is 2.54. The van der Waals surface area contributed by atoms with E-state index in [0.29, 0.717) is 16.9 Å². The molecular weight excluding hydrogens is 343 g/mol. The van der Waals surface area contributed by atoms with E-state index in [1.54, 1.807) is 35.0 Å². The maximum atomic E-state index is 12.5. The minimum atomic E-state index is -4.69. The van der Waals surface area contributed by atoms with E-state index in [1.165, 1.54) is 6.33 Å². The summed E-state index contributed by atoms with van der Waals surface area (Å²) in [6.45, 7) is -0.0660. The Kier molecular flexibility index (Phi) is 4.13. The fourth-order valence-corrected chi connectivity index (χ4v) is 1.96. The Morgan fingerprint density at radius 2 is 2.00 bits per heavy atom. The molecule has 0 atom stereocenters. The number of alkyl halides is 3. The van der Waals surface area contributed by atoms with E-state index in [2.05, 4.69) is 24.4 Å². The maximum absolute atomic E-state index is 12.5. The Morgan fingerprint density at radius 1 is 1.28 bits per heavy atom. The zero-order valence-electron chi connectivity index (χ0n) is 12.4. The number of aromatic nitrogens is 4. The number of primary amides is 1. The lowest BCUT2D eigenvalue weighted by Crippen LogP contribution is -2.12. The quantitative estimate of drug-likeness (QED) is 0.772. The van der Waals surface area contributed by atoms with E-state index in [4.69, 9.17) is 5.73 Å². The first-order valence-electron chi connectivity index (χ1n) is 6.80. The molecule has 2 aromatic heterocycles. The summed E-state index contributed by atoms with van der Waals surface area (Å²) in [4.78, 5) is 17.9. The van der Waals surface area contributed by atoms with Gasteiger partial charge in [-0.05, 0) is 24.3 Å². The molecule has 2 heterocycles. The number of nitrogens with two attached hydrogens (primary N) is 1. The molecule has 11 heteroatoms. The predicted molar refractivity (Wildman–Crippen MR) is 76.2 cm³/mol. The van der Waals surface area contributed by atoms with Gasteiger partial charge in [0.15, 0.2) is 0 Å². The molecule has 0 unspecified atom stereocenters. The lowest BCUT2D eigenvalue weighted by Gasteiger charge is -2.02. The monoisotopic (exact) mass is 353 g/mol. The molecule has 1 amide bonds. The molecule has 0 spiro atoms. The van der Waals surface area contributed by atoms with Crippen molar-refractivity contribution in [3.8, 4) is 17.1 Å². The van der Waals surface area contributed by atoms with Gasteiger partial charge in [-0.1, -0.05) is 5.16 Å². The van der Waals surface area contributed by atoms with E-state index in [1.807, 2.05) is 0 Å². The number of hydrogen-bond donors (Lipinski definition) is 1. The molecule has 8 nitrogen and oxygen atoms in total. The first-order valence-corrected chi connectivity index (χ1v) is 6.80. The van der Waals surface area contributed by atoms with E-state index in [0.717, 1.165) is 0 Å². The van der Waals surface area contributed by atoms with Gasteiger partial charge in [-0.3, -0.25) is 0 Å². The van der Waals surface area contributed by atoms with Gasteiger partial charge in [-0.15, -0.1) is 0 Å².